The SMILES string of the molecule is C=C(CNCC)CN1CCC(C)(C)CCC1=O. The Hall–Kier alpha value is -0.830. The molecule has 1 saturated heterocycles. The van der Waals surface area contributed by atoms with E-state index >= 15 is 0 Å². The molecule has 1 aliphatic heterocycles. The number of nitrogens with one attached hydrogen (secondary N) is 1. The quantitative estimate of drug-likeness (QED) is 0.745. The fourth-order valence-corrected chi connectivity index (χ4v) is 2.09. The molecule has 0 bridgehead atoms. The summed E-state index contributed by atoms with van der Waals surface area (Å²) in [6.07, 6.45) is 2.77. The van der Waals surface area contributed by atoms with Crippen molar-refractivity contribution >= 4 is 5.91 Å². The van der Waals surface area contributed by atoms with Crippen molar-refractivity contribution in [2.45, 2.75) is 40.0 Å². The van der Waals surface area contributed by atoms with Crippen molar-refractivity contribution in [2.75, 3.05) is 26.2 Å². The summed E-state index contributed by atoms with van der Waals surface area (Å²) >= 11 is 0. The van der Waals surface area contributed by atoms with Crippen LogP contribution in [0.3, 0.4) is 0 Å². The van der Waals surface area contributed by atoms with Gasteiger partial charge in [0, 0.05) is 26.1 Å². The maximum Gasteiger partial charge on any atom is 0.222 e. The van der Waals surface area contributed by atoms with E-state index in [4.69, 9.17) is 0 Å². The number of amides is 1. The number of rotatable bonds is 5. The zero-order valence-electron chi connectivity index (χ0n) is 11.5. The second-order valence-electron chi connectivity index (χ2n) is 5.76. The molecule has 1 rings (SSSR count). The zero-order valence-corrected chi connectivity index (χ0v) is 11.5. The first kappa shape index (κ1) is 14.2. The van der Waals surface area contributed by atoms with Gasteiger partial charge in [-0.3, -0.25) is 4.79 Å². The molecule has 17 heavy (non-hydrogen) atoms. The molecule has 0 unspecified atom stereocenters. The lowest BCUT2D eigenvalue weighted by Gasteiger charge is -2.24. The maximum atomic E-state index is 12.0. The van der Waals surface area contributed by atoms with Crippen LogP contribution in [0.15, 0.2) is 12.2 Å². The molecular formula is C14H26N2O. The molecule has 1 amide bonds. The fraction of sp³-hybridized carbons (Fsp3) is 0.786. The number of likely N-dealkylation sites (tertiary alicyclic amines) is 1. The van der Waals surface area contributed by atoms with Gasteiger partial charge >= 0.3 is 0 Å². The van der Waals surface area contributed by atoms with Crippen molar-refractivity contribution in [1.82, 2.24) is 10.2 Å². The van der Waals surface area contributed by atoms with Crippen LogP contribution in [0.25, 0.3) is 0 Å². The minimum atomic E-state index is 0.285. The molecule has 1 heterocycles. The molecule has 0 spiro atoms. The van der Waals surface area contributed by atoms with Crippen molar-refractivity contribution in [2.24, 2.45) is 5.41 Å². The third-order valence-electron chi connectivity index (χ3n) is 3.47. The van der Waals surface area contributed by atoms with Gasteiger partial charge in [-0.2, -0.15) is 0 Å². The van der Waals surface area contributed by atoms with Gasteiger partial charge in [-0.15, -0.1) is 0 Å². The summed E-state index contributed by atoms with van der Waals surface area (Å²) in [4.78, 5) is 13.9. The van der Waals surface area contributed by atoms with E-state index in [9.17, 15) is 4.79 Å². The molecule has 0 aliphatic carbocycles. The summed E-state index contributed by atoms with van der Waals surface area (Å²) < 4.78 is 0. The van der Waals surface area contributed by atoms with E-state index in [-0.39, 0.29) is 5.91 Å². The highest BCUT2D eigenvalue weighted by Gasteiger charge is 2.27. The van der Waals surface area contributed by atoms with Crippen LogP contribution < -0.4 is 5.32 Å². The Morgan fingerprint density at radius 2 is 2.18 bits per heavy atom. The van der Waals surface area contributed by atoms with Gasteiger partial charge in [0.1, 0.15) is 0 Å². The first-order valence-electron chi connectivity index (χ1n) is 6.60. The number of carbonyl (C=O) groups excluding carboxylic acids is 1. The Morgan fingerprint density at radius 1 is 1.47 bits per heavy atom. The van der Waals surface area contributed by atoms with Gasteiger partial charge in [-0.25, -0.2) is 0 Å². The summed E-state index contributed by atoms with van der Waals surface area (Å²) in [7, 11) is 0. The van der Waals surface area contributed by atoms with E-state index in [1.165, 1.54) is 0 Å². The first-order chi connectivity index (χ1) is 7.94. The van der Waals surface area contributed by atoms with Crippen LogP contribution in [0.4, 0.5) is 0 Å². The van der Waals surface area contributed by atoms with Crippen LogP contribution in [-0.2, 0) is 4.79 Å². The molecule has 1 N–H and O–H groups in total. The van der Waals surface area contributed by atoms with Crippen LogP contribution in [0.5, 0.6) is 0 Å². The minimum Gasteiger partial charge on any atom is -0.339 e. The van der Waals surface area contributed by atoms with Crippen molar-refractivity contribution in [3.8, 4) is 0 Å². The van der Waals surface area contributed by atoms with Crippen LogP contribution >= 0.6 is 0 Å². The third kappa shape index (κ3) is 4.90. The maximum absolute atomic E-state index is 12.0. The average molecular weight is 238 g/mol. The smallest absolute Gasteiger partial charge is 0.222 e. The Kier molecular flexibility index (Phi) is 5.19. The van der Waals surface area contributed by atoms with Crippen molar-refractivity contribution < 1.29 is 4.79 Å². The highest BCUT2D eigenvalue weighted by molar-refractivity contribution is 5.76. The average Bonchev–Trinajstić information content (AvgIpc) is 2.39. The van der Waals surface area contributed by atoms with E-state index in [2.05, 4.69) is 32.7 Å². The highest BCUT2D eigenvalue weighted by Crippen LogP contribution is 2.30. The van der Waals surface area contributed by atoms with Crippen molar-refractivity contribution in [3.63, 3.8) is 0 Å². The van der Waals surface area contributed by atoms with Gasteiger partial charge in [-0.05, 0) is 30.4 Å². The third-order valence-corrected chi connectivity index (χ3v) is 3.47. The Balaban J connectivity index is 2.47. The summed E-state index contributed by atoms with van der Waals surface area (Å²) in [5, 5.41) is 3.25. The molecule has 0 atom stereocenters. The number of nitrogens with zero attached hydrogens (tertiary/aromatic N) is 1. The molecule has 0 aromatic rings. The monoisotopic (exact) mass is 238 g/mol. The van der Waals surface area contributed by atoms with E-state index < -0.39 is 0 Å². The number of hydrogen-bond acceptors (Lipinski definition) is 2. The van der Waals surface area contributed by atoms with Gasteiger partial charge < -0.3 is 10.2 Å². The Labute approximate surface area is 105 Å². The van der Waals surface area contributed by atoms with Crippen molar-refractivity contribution in [3.05, 3.63) is 12.2 Å². The number of likely N-dealkylation sites (N-methyl/N-ethyl adjacent to an activating group) is 1. The normalized spacial score (nSPS) is 20.2. The molecule has 3 nitrogen and oxygen atoms in total. The highest BCUT2D eigenvalue weighted by atomic mass is 16.2. The second kappa shape index (κ2) is 6.20. The Bertz CT molecular complexity index is 284. The Morgan fingerprint density at radius 3 is 2.82 bits per heavy atom. The first-order valence-corrected chi connectivity index (χ1v) is 6.60. The molecular weight excluding hydrogens is 212 g/mol. The topological polar surface area (TPSA) is 32.3 Å². The summed E-state index contributed by atoms with van der Waals surface area (Å²) in [6.45, 7) is 13.9. The van der Waals surface area contributed by atoms with Gasteiger partial charge in [0.05, 0.1) is 0 Å². The fourth-order valence-electron chi connectivity index (χ4n) is 2.09. The van der Waals surface area contributed by atoms with E-state index in [1.54, 1.807) is 0 Å². The number of carbonyl (C=O) groups is 1. The lowest BCUT2D eigenvalue weighted by molar-refractivity contribution is -0.130. The summed E-state index contributed by atoms with van der Waals surface area (Å²) in [5.74, 6) is 0.285. The molecule has 3 heteroatoms. The van der Waals surface area contributed by atoms with E-state index in [1.807, 2.05) is 4.90 Å². The molecule has 0 aromatic heterocycles. The van der Waals surface area contributed by atoms with Crippen molar-refractivity contribution in [1.29, 1.82) is 0 Å². The standard InChI is InChI=1S/C14H26N2O/c1-5-15-10-12(2)11-16-9-8-14(3,4)7-6-13(16)17/h15H,2,5-11H2,1,3-4H3. The largest absolute Gasteiger partial charge is 0.339 e. The molecule has 98 valence electrons. The predicted molar refractivity (Wildman–Crippen MR) is 71.9 cm³/mol. The molecule has 1 aliphatic rings. The molecule has 0 aromatic carbocycles. The summed E-state index contributed by atoms with van der Waals surface area (Å²) in [6, 6.07) is 0. The van der Waals surface area contributed by atoms with Crippen LogP contribution in [0.1, 0.15) is 40.0 Å². The lowest BCUT2D eigenvalue weighted by atomic mass is 9.85. The van der Waals surface area contributed by atoms with Gasteiger partial charge in [0.25, 0.3) is 0 Å². The molecule has 0 saturated carbocycles. The van der Waals surface area contributed by atoms with Gasteiger partial charge in [0.2, 0.25) is 5.91 Å². The van der Waals surface area contributed by atoms with Crippen LogP contribution in [0.2, 0.25) is 0 Å². The zero-order chi connectivity index (χ0) is 12.9. The van der Waals surface area contributed by atoms with Crippen LogP contribution in [-0.4, -0.2) is 37.0 Å². The van der Waals surface area contributed by atoms with Gasteiger partial charge in [-0.1, -0.05) is 27.4 Å². The van der Waals surface area contributed by atoms with Gasteiger partial charge in [0.15, 0.2) is 0 Å². The number of hydrogen-bond donors (Lipinski definition) is 1. The second-order valence-corrected chi connectivity index (χ2v) is 5.76. The van der Waals surface area contributed by atoms with Crippen LogP contribution in [0, 0.1) is 5.41 Å². The minimum absolute atomic E-state index is 0.285. The van der Waals surface area contributed by atoms with E-state index in [0.717, 1.165) is 38.0 Å². The lowest BCUT2D eigenvalue weighted by Crippen LogP contribution is -2.34. The molecule has 1 fully saturated rings. The predicted octanol–water partition coefficient (Wildman–Crippen LogP) is 2.19. The molecule has 0 radical (unpaired) electrons. The van der Waals surface area contributed by atoms with E-state index in [0.29, 0.717) is 18.4 Å². The summed E-state index contributed by atoms with van der Waals surface area (Å²) in [5.41, 5.74) is 1.40.